The molecule has 0 spiro atoms. The van der Waals surface area contributed by atoms with Gasteiger partial charge in [0.1, 0.15) is 5.82 Å². The first-order chi connectivity index (χ1) is 7.63. The number of hydrogen-bond donors (Lipinski definition) is 1. The largest absolute Gasteiger partial charge is 0.312 e. The summed E-state index contributed by atoms with van der Waals surface area (Å²) >= 11 is 0. The van der Waals surface area contributed by atoms with Crippen LogP contribution >= 0.6 is 0 Å². The standard InChI is InChI=1S/C11H13FN2O2/c1-14-10(15)6-8-4-7(2-3-16-13)5-9(12)11(8)14/h4-5H,2-3,6,13H2,1H3. The number of nitrogens with two attached hydrogens (primary N) is 1. The lowest BCUT2D eigenvalue weighted by Crippen LogP contribution is -2.21. The summed E-state index contributed by atoms with van der Waals surface area (Å²) in [6, 6.07) is 3.26. The third kappa shape index (κ3) is 1.79. The second-order valence-electron chi connectivity index (χ2n) is 3.84. The highest BCUT2D eigenvalue weighted by atomic mass is 19.1. The van der Waals surface area contributed by atoms with Gasteiger partial charge in [0.2, 0.25) is 5.91 Å². The van der Waals surface area contributed by atoms with Gasteiger partial charge in [0.05, 0.1) is 18.7 Å². The van der Waals surface area contributed by atoms with E-state index in [2.05, 4.69) is 4.84 Å². The summed E-state index contributed by atoms with van der Waals surface area (Å²) in [6.07, 6.45) is 0.804. The molecule has 0 radical (unpaired) electrons. The van der Waals surface area contributed by atoms with E-state index in [0.717, 1.165) is 11.1 Å². The van der Waals surface area contributed by atoms with Gasteiger partial charge in [-0.25, -0.2) is 10.3 Å². The summed E-state index contributed by atoms with van der Waals surface area (Å²) in [4.78, 5) is 17.2. The van der Waals surface area contributed by atoms with Crippen LogP contribution in [0.5, 0.6) is 0 Å². The number of amides is 1. The van der Waals surface area contributed by atoms with E-state index in [1.54, 1.807) is 7.05 Å². The summed E-state index contributed by atoms with van der Waals surface area (Å²) in [6.45, 7) is 0.335. The van der Waals surface area contributed by atoms with Crippen LogP contribution in [0.15, 0.2) is 12.1 Å². The number of nitrogens with zero attached hydrogens (tertiary/aromatic N) is 1. The third-order valence-corrected chi connectivity index (χ3v) is 2.76. The van der Waals surface area contributed by atoms with Crippen molar-refractivity contribution in [1.82, 2.24) is 0 Å². The summed E-state index contributed by atoms with van der Waals surface area (Å²) in [7, 11) is 1.58. The molecule has 86 valence electrons. The summed E-state index contributed by atoms with van der Waals surface area (Å²) in [5, 5.41) is 0. The Labute approximate surface area is 92.7 Å². The molecule has 0 atom stereocenters. The van der Waals surface area contributed by atoms with Crippen LogP contribution in [0.1, 0.15) is 11.1 Å². The predicted molar refractivity (Wildman–Crippen MR) is 57.4 cm³/mol. The molecule has 1 aliphatic rings. The summed E-state index contributed by atoms with van der Waals surface area (Å²) < 4.78 is 13.7. The van der Waals surface area contributed by atoms with Gasteiger partial charge in [-0.3, -0.25) is 4.79 Å². The van der Waals surface area contributed by atoms with Crippen LogP contribution < -0.4 is 10.8 Å². The molecule has 4 nitrogen and oxygen atoms in total. The van der Waals surface area contributed by atoms with Crippen molar-refractivity contribution >= 4 is 11.6 Å². The predicted octanol–water partition coefficient (Wildman–Crippen LogP) is 0.777. The topological polar surface area (TPSA) is 55.6 Å². The maximum atomic E-state index is 13.7. The summed E-state index contributed by atoms with van der Waals surface area (Å²) in [5.74, 6) is 4.47. The van der Waals surface area contributed by atoms with Crippen LogP contribution in [-0.2, 0) is 22.5 Å². The quantitative estimate of drug-likeness (QED) is 0.772. The molecule has 16 heavy (non-hydrogen) atoms. The van der Waals surface area contributed by atoms with Gasteiger partial charge in [0.25, 0.3) is 0 Å². The Hall–Kier alpha value is -1.46. The van der Waals surface area contributed by atoms with E-state index < -0.39 is 0 Å². The van der Waals surface area contributed by atoms with E-state index in [1.807, 2.05) is 6.07 Å². The number of hydrogen-bond acceptors (Lipinski definition) is 3. The second kappa shape index (κ2) is 4.19. The number of fused-ring (bicyclic) bond motifs is 1. The Morgan fingerprint density at radius 1 is 1.56 bits per heavy atom. The molecule has 0 unspecified atom stereocenters. The highest BCUT2D eigenvalue weighted by Crippen LogP contribution is 2.31. The van der Waals surface area contributed by atoms with Gasteiger partial charge in [0, 0.05) is 7.05 Å². The zero-order valence-electron chi connectivity index (χ0n) is 9.00. The normalized spacial score (nSPS) is 14.4. The number of anilines is 1. The van der Waals surface area contributed by atoms with Gasteiger partial charge in [-0.1, -0.05) is 6.07 Å². The van der Waals surface area contributed by atoms with Crippen molar-refractivity contribution in [2.75, 3.05) is 18.6 Å². The zero-order valence-corrected chi connectivity index (χ0v) is 9.00. The molecule has 5 heteroatoms. The number of likely N-dealkylation sites (N-methyl/N-ethyl adjacent to an activating group) is 1. The average molecular weight is 224 g/mol. The minimum absolute atomic E-state index is 0.0823. The highest BCUT2D eigenvalue weighted by Gasteiger charge is 2.27. The van der Waals surface area contributed by atoms with Crippen molar-refractivity contribution in [2.24, 2.45) is 5.90 Å². The van der Waals surface area contributed by atoms with Crippen molar-refractivity contribution < 1.29 is 14.0 Å². The van der Waals surface area contributed by atoms with Crippen LogP contribution in [0.25, 0.3) is 0 Å². The molecule has 1 aromatic carbocycles. The van der Waals surface area contributed by atoms with E-state index in [4.69, 9.17) is 5.90 Å². The van der Waals surface area contributed by atoms with Crippen LogP contribution in [0, 0.1) is 5.82 Å². The zero-order chi connectivity index (χ0) is 11.7. The van der Waals surface area contributed by atoms with Crippen molar-refractivity contribution in [3.8, 4) is 0 Å². The van der Waals surface area contributed by atoms with Crippen LogP contribution in [-0.4, -0.2) is 19.6 Å². The van der Waals surface area contributed by atoms with Crippen molar-refractivity contribution in [2.45, 2.75) is 12.8 Å². The fraction of sp³-hybridized carbons (Fsp3) is 0.364. The molecule has 2 N–H and O–H groups in total. The molecule has 2 rings (SSSR count). The number of benzene rings is 1. The molecule has 1 amide bonds. The molecule has 0 fully saturated rings. The Morgan fingerprint density at radius 3 is 3.00 bits per heavy atom. The van der Waals surface area contributed by atoms with Gasteiger partial charge < -0.3 is 9.74 Å². The lowest BCUT2D eigenvalue weighted by Gasteiger charge is -2.12. The number of carbonyl (C=O) groups is 1. The molecule has 0 aromatic heterocycles. The fourth-order valence-corrected chi connectivity index (χ4v) is 1.96. The van der Waals surface area contributed by atoms with E-state index in [9.17, 15) is 9.18 Å². The van der Waals surface area contributed by atoms with Crippen molar-refractivity contribution in [3.05, 3.63) is 29.1 Å². The van der Waals surface area contributed by atoms with Crippen molar-refractivity contribution in [1.29, 1.82) is 0 Å². The molecular formula is C11H13FN2O2. The molecule has 1 aliphatic heterocycles. The Kier molecular flexibility index (Phi) is 2.89. The van der Waals surface area contributed by atoms with Crippen LogP contribution in [0.2, 0.25) is 0 Å². The first-order valence-electron chi connectivity index (χ1n) is 5.03. The van der Waals surface area contributed by atoms with E-state index in [1.165, 1.54) is 11.0 Å². The van der Waals surface area contributed by atoms with Gasteiger partial charge in [-0.05, 0) is 23.6 Å². The smallest absolute Gasteiger partial charge is 0.231 e. The van der Waals surface area contributed by atoms with Crippen molar-refractivity contribution in [3.63, 3.8) is 0 Å². The fourth-order valence-electron chi connectivity index (χ4n) is 1.96. The van der Waals surface area contributed by atoms with E-state index in [-0.39, 0.29) is 18.1 Å². The number of carbonyl (C=O) groups excluding carboxylic acids is 1. The Bertz CT molecular complexity index is 434. The van der Waals surface area contributed by atoms with Gasteiger partial charge in [-0.2, -0.15) is 0 Å². The highest BCUT2D eigenvalue weighted by molar-refractivity contribution is 6.01. The second-order valence-corrected chi connectivity index (χ2v) is 3.84. The lowest BCUT2D eigenvalue weighted by atomic mass is 10.1. The van der Waals surface area contributed by atoms with E-state index >= 15 is 0 Å². The molecular weight excluding hydrogens is 211 g/mol. The van der Waals surface area contributed by atoms with E-state index in [0.29, 0.717) is 18.7 Å². The SMILES string of the molecule is CN1C(=O)Cc2cc(CCON)cc(F)c21. The van der Waals surface area contributed by atoms with Crippen LogP contribution in [0.3, 0.4) is 0 Å². The Balaban J connectivity index is 2.34. The van der Waals surface area contributed by atoms with Crippen LogP contribution in [0.4, 0.5) is 10.1 Å². The molecule has 1 heterocycles. The van der Waals surface area contributed by atoms with Gasteiger partial charge in [-0.15, -0.1) is 0 Å². The first-order valence-corrected chi connectivity index (χ1v) is 5.03. The molecule has 0 bridgehead atoms. The maximum absolute atomic E-state index is 13.7. The monoisotopic (exact) mass is 224 g/mol. The molecule has 0 saturated heterocycles. The first kappa shape index (κ1) is 11.0. The minimum Gasteiger partial charge on any atom is -0.312 e. The lowest BCUT2D eigenvalue weighted by molar-refractivity contribution is -0.117. The maximum Gasteiger partial charge on any atom is 0.231 e. The minimum atomic E-state index is -0.363. The molecule has 0 saturated carbocycles. The average Bonchev–Trinajstić information content (AvgIpc) is 2.52. The third-order valence-electron chi connectivity index (χ3n) is 2.76. The molecule has 1 aromatic rings. The Morgan fingerprint density at radius 2 is 2.31 bits per heavy atom. The number of halogens is 1. The van der Waals surface area contributed by atoms with Gasteiger partial charge >= 0.3 is 0 Å². The summed E-state index contributed by atoms with van der Waals surface area (Å²) in [5.41, 5.74) is 1.92. The number of rotatable bonds is 3. The van der Waals surface area contributed by atoms with Gasteiger partial charge in [0.15, 0.2) is 0 Å². The molecule has 0 aliphatic carbocycles.